The Balaban J connectivity index is 1.22. The number of piperazine rings is 1. The number of carbonyl (C=O) groups excluding carboxylic acids is 2. The highest BCUT2D eigenvalue weighted by atomic mass is 19.1. The molecule has 5 rings (SSSR count). The zero-order chi connectivity index (χ0) is 28.9. The molecule has 212 valence electrons. The van der Waals surface area contributed by atoms with E-state index in [1.165, 1.54) is 26.4 Å². The summed E-state index contributed by atoms with van der Waals surface area (Å²) < 4.78 is 31.6. The topological polar surface area (TPSA) is 105 Å². The Labute approximate surface area is 236 Å². The Hall–Kier alpha value is -4.90. The first-order chi connectivity index (χ1) is 19.8. The van der Waals surface area contributed by atoms with E-state index in [1.807, 2.05) is 11.9 Å². The van der Waals surface area contributed by atoms with E-state index in [0.29, 0.717) is 52.5 Å². The zero-order valence-corrected chi connectivity index (χ0v) is 22.9. The molecule has 2 N–H and O–H groups in total. The molecule has 0 spiro atoms. The van der Waals surface area contributed by atoms with Crippen molar-refractivity contribution in [3.05, 3.63) is 78.2 Å². The van der Waals surface area contributed by atoms with Gasteiger partial charge in [0, 0.05) is 61.1 Å². The van der Waals surface area contributed by atoms with E-state index in [4.69, 9.17) is 14.2 Å². The molecule has 3 amide bonds. The molecule has 41 heavy (non-hydrogen) atoms. The monoisotopic (exact) mass is 559 g/mol. The number of carbonyl (C=O) groups is 2. The van der Waals surface area contributed by atoms with E-state index in [2.05, 4.69) is 20.5 Å². The van der Waals surface area contributed by atoms with Crippen molar-refractivity contribution in [2.24, 2.45) is 0 Å². The van der Waals surface area contributed by atoms with E-state index < -0.39 is 11.8 Å². The predicted octanol–water partition coefficient (Wildman–Crippen LogP) is 5.22. The first-order valence-corrected chi connectivity index (χ1v) is 13.0. The summed E-state index contributed by atoms with van der Waals surface area (Å²) >= 11 is 0. The molecular formula is C30H30FN5O5. The molecule has 1 fully saturated rings. The quantitative estimate of drug-likeness (QED) is 0.320. The smallest absolute Gasteiger partial charge is 0.323 e. The summed E-state index contributed by atoms with van der Waals surface area (Å²) in [5, 5.41) is 5.81. The maximum absolute atomic E-state index is 14.9. The van der Waals surface area contributed by atoms with Crippen LogP contribution in [0.5, 0.6) is 23.0 Å². The van der Waals surface area contributed by atoms with Crippen LogP contribution < -0.4 is 24.8 Å². The summed E-state index contributed by atoms with van der Waals surface area (Å²) in [5.41, 5.74) is 1.60. The number of pyridine rings is 1. The molecule has 3 aromatic carbocycles. The minimum Gasteiger partial charge on any atom is -0.493 e. The third-order valence-corrected chi connectivity index (χ3v) is 6.80. The number of nitrogens with zero attached hydrogens (tertiary/aromatic N) is 3. The van der Waals surface area contributed by atoms with Crippen LogP contribution in [0.1, 0.15) is 10.4 Å². The van der Waals surface area contributed by atoms with Crippen LogP contribution >= 0.6 is 0 Å². The molecule has 0 radical (unpaired) electrons. The summed E-state index contributed by atoms with van der Waals surface area (Å²) in [6, 6.07) is 15.2. The molecule has 1 aliphatic rings. The summed E-state index contributed by atoms with van der Waals surface area (Å²) in [4.78, 5) is 33.6. The number of urea groups is 1. The van der Waals surface area contributed by atoms with Gasteiger partial charge in [-0.15, -0.1) is 0 Å². The number of likely N-dealkylation sites (N-methyl/N-ethyl adjacent to an activating group) is 1. The number of nitrogens with one attached hydrogen (secondary N) is 2. The number of anilines is 2. The average molecular weight is 560 g/mol. The first kappa shape index (κ1) is 27.7. The van der Waals surface area contributed by atoms with Crippen LogP contribution in [0.25, 0.3) is 10.9 Å². The van der Waals surface area contributed by atoms with Crippen molar-refractivity contribution in [1.82, 2.24) is 14.8 Å². The third-order valence-electron chi connectivity index (χ3n) is 6.80. The van der Waals surface area contributed by atoms with Crippen molar-refractivity contribution >= 4 is 34.2 Å². The third kappa shape index (κ3) is 6.30. The standard InChI is InChI=1S/C30H30FN5O5/c1-35-12-14-36(15-13-35)29(37)19-4-6-20(7-5-19)33-30(38)34-24-9-8-21(16-23(24)31)41-26-10-11-32-25-18-28(40-3)27(39-2)17-22(25)26/h4-11,16-18H,12-15H2,1-3H3,(H2,33,34,38). The number of halogens is 1. The number of aromatic nitrogens is 1. The van der Waals surface area contributed by atoms with Crippen molar-refractivity contribution in [2.45, 2.75) is 0 Å². The second kappa shape index (κ2) is 12.1. The lowest BCUT2D eigenvalue weighted by Crippen LogP contribution is -2.47. The highest BCUT2D eigenvalue weighted by molar-refractivity contribution is 6.00. The number of rotatable bonds is 7. The summed E-state index contributed by atoms with van der Waals surface area (Å²) in [5.74, 6) is 0.991. The van der Waals surface area contributed by atoms with E-state index in [0.717, 1.165) is 13.1 Å². The molecule has 1 saturated heterocycles. The maximum atomic E-state index is 14.9. The van der Waals surface area contributed by atoms with Gasteiger partial charge in [0.2, 0.25) is 0 Å². The molecular weight excluding hydrogens is 529 g/mol. The SMILES string of the molecule is COc1cc2nccc(Oc3ccc(NC(=O)Nc4ccc(C(=O)N5CCN(C)CC5)cc4)c(F)c3)c2cc1OC. The second-order valence-electron chi connectivity index (χ2n) is 9.53. The van der Waals surface area contributed by atoms with Crippen molar-refractivity contribution in [3.8, 4) is 23.0 Å². The second-order valence-corrected chi connectivity index (χ2v) is 9.53. The van der Waals surface area contributed by atoms with Crippen LogP contribution in [-0.4, -0.2) is 74.2 Å². The Morgan fingerprint density at radius 1 is 0.854 bits per heavy atom. The lowest BCUT2D eigenvalue weighted by atomic mass is 10.1. The molecule has 11 heteroatoms. The Bertz CT molecular complexity index is 1570. The van der Waals surface area contributed by atoms with Gasteiger partial charge in [-0.1, -0.05) is 0 Å². The van der Waals surface area contributed by atoms with Gasteiger partial charge < -0.3 is 34.6 Å². The molecule has 0 saturated carbocycles. The minimum atomic E-state index is -0.677. The maximum Gasteiger partial charge on any atom is 0.323 e. The van der Waals surface area contributed by atoms with Crippen LogP contribution in [0.2, 0.25) is 0 Å². The van der Waals surface area contributed by atoms with Crippen LogP contribution in [0.3, 0.4) is 0 Å². The van der Waals surface area contributed by atoms with Gasteiger partial charge in [-0.25, -0.2) is 9.18 Å². The molecule has 0 bridgehead atoms. The Kier molecular flexibility index (Phi) is 8.16. The fraction of sp³-hybridized carbons (Fsp3) is 0.233. The van der Waals surface area contributed by atoms with Crippen LogP contribution in [0.15, 0.2) is 66.9 Å². The lowest BCUT2D eigenvalue weighted by Gasteiger charge is -2.32. The number of methoxy groups -OCH3 is 2. The van der Waals surface area contributed by atoms with Gasteiger partial charge >= 0.3 is 6.03 Å². The number of fused-ring (bicyclic) bond motifs is 1. The lowest BCUT2D eigenvalue weighted by molar-refractivity contribution is 0.0664. The zero-order valence-electron chi connectivity index (χ0n) is 22.9. The Morgan fingerprint density at radius 3 is 2.24 bits per heavy atom. The number of hydrogen-bond donors (Lipinski definition) is 2. The van der Waals surface area contributed by atoms with E-state index >= 15 is 0 Å². The highest BCUT2D eigenvalue weighted by Crippen LogP contribution is 2.37. The predicted molar refractivity (Wildman–Crippen MR) is 154 cm³/mol. The van der Waals surface area contributed by atoms with Gasteiger partial charge in [0.15, 0.2) is 11.5 Å². The number of hydrogen-bond acceptors (Lipinski definition) is 7. The molecule has 4 aromatic rings. The molecule has 2 heterocycles. The molecule has 0 unspecified atom stereocenters. The largest absolute Gasteiger partial charge is 0.493 e. The number of benzene rings is 3. The van der Waals surface area contributed by atoms with Gasteiger partial charge in [0.05, 0.1) is 25.4 Å². The fourth-order valence-electron chi connectivity index (χ4n) is 4.50. The summed E-state index contributed by atoms with van der Waals surface area (Å²) in [7, 11) is 5.10. The van der Waals surface area contributed by atoms with Crippen LogP contribution in [-0.2, 0) is 0 Å². The molecule has 0 aliphatic carbocycles. The van der Waals surface area contributed by atoms with Gasteiger partial charge in [-0.3, -0.25) is 9.78 Å². The molecule has 1 aliphatic heterocycles. The van der Waals surface area contributed by atoms with Crippen molar-refractivity contribution in [3.63, 3.8) is 0 Å². The van der Waals surface area contributed by atoms with Crippen molar-refractivity contribution in [2.75, 3.05) is 58.1 Å². The van der Waals surface area contributed by atoms with E-state index in [9.17, 15) is 14.0 Å². The van der Waals surface area contributed by atoms with Crippen molar-refractivity contribution < 1.29 is 28.2 Å². The van der Waals surface area contributed by atoms with Crippen LogP contribution in [0.4, 0.5) is 20.6 Å². The minimum absolute atomic E-state index is 0.0253. The number of amides is 3. The highest BCUT2D eigenvalue weighted by Gasteiger charge is 2.20. The molecule has 10 nitrogen and oxygen atoms in total. The fourth-order valence-corrected chi connectivity index (χ4v) is 4.50. The number of ether oxygens (including phenoxy) is 3. The van der Waals surface area contributed by atoms with Gasteiger partial charge in [-0.2, -0.15) is 0 Å². The van der Waals surface area contributed by atoms with Crippen molar-refractivity contribution in [1.29, 1.82) is 0 Å². The van der Waals surface area contributed by atoms with E-state index in [-0.39, 0.29) is 17.3 Å². The average Bonchev–Trinajstić information content (AvgIpc) is 2.98. The van der Waals surface area contributed by atoms with Gasteiger partial charge in [0.1, 0.15) is 17.3 Å². The normalized spacial score (nSPS) is 13.5. The summed E-state index contributed by atoms with van der Waals surface area (Å²) in [6.45, 7) is 3.02. The first-order valence-electron chi connectivity index (χ1n) is 13.0. The van der Waals surface area contributed by atoms with Gasteiger partial charge in [-0.05, 0) is 55.6 Å². The van der Waals surface area contributed by atoms with Gasteiger partial charge in [0.25, 0.3) is 5.91 Å². The Morgan fingerprint density at radius 2 is 1.56 bits per heavy atom. The van der Waals surface area contributed by atoms with Crippen LogP contribution in [0, 0.1) is 5.82 Å². The molecule has 1 aromatic heterocycles. The summed E-state index contributed by atoms with van der Waals surface area (Å²) in [6.07, 6.45) is 1.58. The van der Waals surface area contributed by atoms with E-state index in [1.54, 1.807) is 54.7 Å². The molecule has 0 atom stereocenters.